The third-order valence-corrected chi connectivity index (χ3v) is 12.4. The summed E-state index contributed by atoms with van der Waals surface area (Å²) < 4.78 is 18.0. The molecule has 7 nitrogen and oxygen atoms in total. The molecule has 0 fully saturated rings. The number of nitrogens with zero attached hydrogens (tertiary/aromatic N) is 6. The Morgan fingerprint density at radius 3 is 1.94 bits per heavy atom. The van der Waals surface area contributed by atoms with E-state index in [0.29, 0.717) is 0 Å². The van der Waals surface area contributed by atoms with Crippen LogP contribution in [-0.4, -0.2) is 23.3 Å². The van der Waals surface area contributed by atoms with Gasteiger partial charge in [0, 0.05) is 75.2 Å². The highest BCUT2D eigenvalue weighted by atomic mass is 16.5. The van der Waals surface area contributed by atoms with Gasteiger partial charge in [-0.15, -0.1) is 0 Å². The van der Waals surface area contributed by atoms with Crippen LogP contribution < -0.4 is 9.30 Å². The SMILES string of the molecule is Cn1c2ccccc2c2c1c1c3ccc(Oc4cccc(-[n+]5[c-]n(-c6ccccc6)cc5)c4)cc3n(-c3cc(C(C)(C)C)ccn3)c1c1c3ccccc3n(-c3ccccc3)c21. The molecule has 0 saturated heterocycles. The summed E-state index contributed by atoms with van der Waals surface area (Å²) in [6.07, 6.45) is 9.43. The average Bonchev–Trinajstić information content (AvgIpc) is 4.08. The fourth-order valence-corrected chi connectivity index (χ4v) is 9.57. The van der Waals surface area contributed by atoms with Crippen LogP contribution >= 0.6 is 0 Å². The maximum atomic E-state index is 6.81. The van der Waals surface area contributed by atoms with Crippen molar-refractivity contribution in [2.24, 2.45) is 7.05 Å². The summed E-state index contributed by atoms with van der Waals surface area (Å²) >= 11 is 0. The van der Waals surface area contributed by atoms with Crippen molar-refractivity contribution in [2.45, 2.75) is 26.2 Å². The second-order valence-electron chi connectivity index (χ2n) is 17.2. The fraction of sp³-hybridized carbons (Fsp3) is 0.0909. The number of fused-ring (bicyclic) bond motifs is 12. The molecule has 0 unspecified atom stereocenters. The highest BCUT2D eigenvalue weighted by Crippen LogP contribution is 2.49. The molecule has 0 aliphatic carbocycles. The van der Waals surface area contributed by atoms with Gasteiger partial charge in [0.1, 0.15) is 17.3 Å². The van der Waals surface area contributed by atoms with Crippen molar-refractivity contribution in [3.63, 3.8) is 0 Å². The zero-order valence-corrected chi connectivity index (χ0v) is 34.9. The first kappa shape index (κ1) is 36.0. The number of hydrogen-bond donors (Lipinski definition) is 0. The second kappa shape index (κ2) is 13.6. The van der Waals surface area contributed by atoms with E-state index in [1.165, 1.54) is 49.0 Å². The third kappa shape index (κ3) is 5.44. The molecule has 62 heavy (non-hydrogen) atoms. The minimum absolute atomic E-state index is 0.0883. The summed E-state index contributed by atoms with van der Waals surface area (Å²) in [5.74, 6) is 2.33. The topological polar surface area (TPSA) is 45.7 Å². The highest BCUT2D eigenvalue weighted by molar-refractivity contribution is 6.40. The molecular weight excluding hydrogens is 761 g/mol. The Balaban J connectivity index is 1.16. The monoisotopic (exact) mass is 802 g/mol. The van der Waals surface area contributed by atoms with E-state index in [9.17, 15) is 0 Å². The van der Waals surface area contributed by atoms with Gasteiger partial charge in [0.2, 0.25) is 0 Å². The van der Waals surface area contributed by atoms with Crippen molar-refractivity contribution < 1.29 is 9.30 Å². The van der Waals surface area contributed by atoms with Crippen molar-refractivity contribution in [3.8, 4) is 34.4 Å². The fourth-order valence-electron chi connectivity index (χ4n) is 9.57. The van der Waals surface area contributed by atoms with Crippen molar-refractivity contribution >= 4 is 65.4 Å². The Bertz CT molecular complexity index is 3710. The van der Waals surface area contributed by atoms with E-state index in [4.69, 9.17) is 9.72 Å². The highest BCUT2D eigenvalue weighted by Gasteiger charge is 2.28. The van der Waals surface area contributed by atoms with Crippen LogP contribution in [0.15, 0.2) is 182 Å². The van der Waals surface area contributed by atoms with Gasteiger partial charge in [-0.05, 0) is 89.8 Å². The number of pyridine rings is 1. The lowest BCUT2D eigenvalue weighted by atomic mass is 9.88. The Kier molecular flexibility index (Phi) is 7.87. The van der Waals surface area contributed by atoms with Crippen LogP contribution in [0.2, 0.25) is 0 Å². The zero-order chi connectivity index (χ0) is 41.7. The maximum absolute atomic E-state index is 6.81. The smallest absolute Gasteiger partial charge is 0.268 e. The zero-order valence-electron chi connectivity index (χ0n) is 34.9. The normalized spacial score (nSPS) is 12.2. The summed E-state index contributed by atoms with van der Waals surface area (Å²) in [5.41, 5.74) is 11.1. The molecule has 0 atom stereocenters. The summed E-state index contributed by atoms with van der Waals surface area (Å²) in [6.45, 7) is 6.78. The second-order valence-corrected chi connectivity index (χ2v) is 17.2. The van der Waals surface area contributed by atoms with E-state index in [0.717, 1.165) is 56.3 Å². The Morgan fingerprint density at radius 1 is 0.548 bits per heavy atom. The minimum atomic E-state index is -0.0883. The van der Waals surface area contributed by atoms with E-state index < -0.39 is 0 Å². The molecule has 0 aliphatic heterocycles. The number of rotatable bonds is 6. The molecule has 0 saturated carbocycles. The van der Waals surface area contributed by atoms with Gasteiger partial charge in [0.05, 0.1) is 39.0 Å². The van der Waals surface area contributed by atoms with Gasteiger partial charge in [0.15, 0.2) is 0 Å². The Labute approximate surface area is 358 Å². The van der Waals surface area contributed by atoms with Crippen molar-refractivity contribution in [1.29, 1.82) is 0 Å². The van der Waals surface area contributed by atoms with Crippen LogP contribution in [0.25, 0.3) is 88.3 Å². The van der Waals surface area contributed by atoms with E-state index in [-0.39, 0.29) is 5.41 Å². The van der Waals surface area contributed by atoms with Gasteiger partial charge in [-0.1, -0.05) is 99.6 Å². The number of imidazole rings is 1. The molecular formula is C55H42N6O. The lowest BCUT2D eigenvalue weighted by molar-refractivity contribution is -0.599. The van der Waals surface area contributed by atoms with Gasteiger partial charge >= 0.3 is 0 Å². The number of para-hydroxylation sites is 4. The molecule has 0 bridgehead atoms. The molecule has 7 aromatic carbocycles. The maximum Gasteiger partial charge on any atom is 0.268 e. The molecule has 0 spiro atoms. The van der Waals surface area contributed by atoms with E-state index >= 15 is 0 Å². The molecule has 5 aromatic heterocycles. The molecule has 298 valence electrons. The number of ether oxygens (including phenoxy) is 1. The van der Waals surface area contributed by atoms with Crippen molar-refractivity contribution in [1.82, 2.24) is 23.3 Å². The summed E-state index contributed by atoms with van der Waals surface area (Å²) in [4.78, 5) is 5.18. The van der Waals surface area contributed by atoms with Crippen molar-refractivity contribution in [2.75, 3.05) is 0 Å². The average molecular weight is 803 g/mol. The molecule has 12 rings (SSSR count). The molecule has 0 amide bonds. The standard InChI is InChI=1S/C55H42N6O/c1-55(2,3)36-28-29-56-48(32-36)61-47-34-41(62-40-21-15-20-39(33-40)59-31-30-58(35-59)37-16-7-5-8-17-37)26-27-44(47)50-52-49(42-22-11-13-24-45(42)57(52)4)53-51(54(50)61)43-23-12-14-25-46(43)60(53)38-18-9-6-10-19-38/h5-34H,1-4H3. The van der Waals surface area contributed by atoms with Crippen LogP contribution in [0, 0.1) is 6.33 Å². The van der Waals surface area contributed by atoms with Crippen LogP contribution in [0.4, 0.5) is 0 Å². The number of benzene rings is 7. The van der Waals surface area contributed by atoms with Gasteiger partial charge in [-0.25, -0.2) is 4.98 Å². The predicted octanol–water partition coefficient (Wildman–Crippen LogP) is 12.9. The lowest BCUT2D eigenvalue weighted by Gasteiger charge is -2.20. The molecule has 7 heteroatoms. The van der Waals surface area contributed by atoms with Crippen LogP contribution in [0.5, 0.6) is 11.5 Å². The molecule has 0 aliphatic rings. The number of hydrogen-bond acceptors (Lipinski definition) is 2. The first-order valence-electron chi connectivity index (χ1n) is 21.1. The van der Waals surface area contributed by atoms with Gasteiger partial charge in [0.25, 0.3) is 6.33 Å². The quantitative estimate of drug-likeness (QED) is 0.124. The first-order valence-corrected chi connectivity index (χ1v) is 21.1. The van der Waals surface area contributed by atoms with Crippen LogP contribution in [0.1, 0.15) is 26.3 Å². The first-order chi connectivity index (χ1) is 30.3. The van der Waals surface area contributed by atoms with E-state index in [1.54, 1.807) is 0 Å². The Hall–Kier alpha value is -7.90. The van der Waals surface area contributed by atoms with E-state index in [1.807, 2.05) is 58.1 Å². The van der Waals surface area contributed by atoms with Crippen LogP contribution in [-0.2, 0) is 12.5 Å². The number of aryl methyl sites for hydroxylation is 1. The van der Waals surface area contributed by atoms with Gasteiger partial charge in [-0.3, -0.25) is 13.7 Å². The number of aromatic nitrogens is 6. The van der Waals surface area contributed by atoms with Gasteiger partial charge < -0.3 is 13.9 Å². The molecule has 12 aromatic rings. The molecule has 0 N–H and O–H groups in total. The Morgan fingerprint density at radius 2 is 1.18 bits per heavy atom. The summed E-state index contributed by atoms with van der Waals surface area (Å²) in [7, 11) is 2.21. The van der Waals surface area contributed by atoms with Gasteiger partial charge in [-0.2, -0.15) is 0 Å². The third-order valence-electron chi connectivity index (χ3n) is 12.4. The minimum Gasteiger partial charge on any atom is -0.458 e. The summed E-state index contributed by atoms with van der Waals surface area (Å²) in [6, 6.07) is 57.8. The van der Waals surface area contributed by atoms with Crippen molar-refractivity contribution in [3.05, 3.63) is 194 Å². The van der Waals surface area contributed by atoms with Crippen LogP contribution in [0.3, 0.4) is 0 Å². The largest absolute Gasteiger partial charge is 0.458 e. The molecule has 5 heterocycles. The van der Waals surface area contributed by atoms with E-state index in [2.05, 4.69) is 181 Å². The lowest BCUT2D eigenvalue weighted by Crippen LogP contribution is -2.28. The summed E-state index contributed by atoms with van der Waals surface area (Å²) in [5, 5.41) is 7.14. The molecule has 0 radical (unpaired) electrons. The predicted molar refractivity (Wildman–Crippen MR) is 252 cm³/mol.